The monoisotopic (exact) mass is 379 g/mol. The van der Waals surface area contributed by atoms with Gasteiger partial charge < -0.3 is 9.64 Å². The Hall–Kier alpha value is -0.750. The predicted molar refractivity (Wildman–Crippen MR) is 115 cm³/mol. The molecule has 0 bridgehead atoms. The normalized spacial score (nSPS) is 16.0. The minimum absolute atomic E-state index is 0.777. The van der Waals surface area contributed by atoms with Gasteiger partial charge in [0.1, 0.15) is 0 Å². The summed E-state index contributed by atoms with van der Waals surface area (Å²) >= 11 is 1.85. The zero-order chi connectivity index (χ0) is 18.8. The fourth-order valence-corrected chi connectivity index (χ4v) is 3.78. The van der Waals surface area contributed by atoms with E-state index in [1.165, 1.54) is 24.1 Å². The minimum atomic E-state index is 0.777. The fourth-order valence-electron chi connectivity index (χ4n) is 3.25. The fraction of sp³-hybridized carbons (Fsp3) is 0.714. The van der Waals surface area contributed by atoms with Gasteiger partial charge in [-0.05, 0) is 49.8 Å². The predicted octanol–water partition coefficient (Wildman–Crippen LogP) is 3.97. The van der Waals surface area contributed by atoms with Gasteiger partial charge >= 0.3 is 0 Å². The molecular weight excluding hydrogens is 342 g/mol. The van der Waals surface area contributed by atoms with E-state index in [0.717, 1.165) is 58.4 Å². The summed E-state index contributed by atoms with van der Waals surface area (Å²) < 4.78 is 8.19. The van der Waals surface area contributed by atoms with Crippen molar-refractivity contribution in [3.8, 4) is 0 Å². The first-order chi connectivity index (χ1) is 12.6. The molecule has 1 saturated heterocycles. The van der Waals surface area contributed by atoms with E-state index in [0.29, 0.717) is 0 Å². The first kappa shape index (κ1) is 21.5. The highest BCUT2D eigenvalue weighted by Crippen LogP contribution is 2.19. The Labute approximate surface area is 165 Å². The first-order valence-electron chi connectivity index (χ1n) is 9.97. The van der Waals surface area contributed by atoms with Crippen molar-refractivity contribution in [2.75, 3.05) is 64.1 Å². The van der Waals surface area contributed by atoms with E-state index < -0.39 is 0 Å². The zero-order valence-corrected chi connectivity index (χ0v) is 17.9. The molecule has 1 fully saturated rings. The molecule has 0 amide bonds. The van der Waals surface area contributed by atoms with Crippen molar-refractivity contribution in [2.24, 2.45) is 5.92 Å². The molecule has 1 aliphatic heterocycles. The average Bonchev–Trinajstić information content (AvgIpc) is 2.65. The highest BCUT2D eigenvalue weighted by molar-refractivity contribution is 7.96. The Morgan fingerprint density at radius 3 is 2.38 bits per heavy atom. The van der Waals surface area contributed by atoms with Crippen molar-refractivity contribution >= 4 is 17.6 Å². The van der Waals surface area contributed by atoms with Gasteiger partial charge in [-0.1, -0.05) is 37.9 Å². The van der Waals surface area contributed by atoms with E-state index in [9.17, 15) is 0 Å². The van der Waals surface area contributed by atoms with Crippen LogP contribution in [0.1, 0.15) is 32.3 Å². The van der Waals surface area contributed by atoms with Gasteiger partial charge in [0.05, 0.1) is 6.61 Å². The summed E-state index contributed by atoms with van der Waals surface area (Å²) in [5.74, 6) is 0.777. The van der Waals surface area contributed by atoms with Crippen LogP contribution in [0.25, 0.3) is 0 Å². The van der Waals surface area contributed by atoms with Crippen LogP contribution in [0.2, 0.25) is 0 Å². The van der Waals surface area contributed by atoms with Crippen LogP contribution in [-0.2, 0) is 11.3 Å². The number of anilines is 1. The largest absolute Gasteiger partial charge is 0.380 e. The van der Waals surface area contributed by atoms with Crippen LogP contribution in [0.15, 0.2) is 24.3 Å². The number of piperazine rings is 1. The molecule has 26 heavy (non-hydrogen) atoms. The minimum Gasteiger partial charge on any atom is -0.380 e. The Bertz CT molecular complexity index is 487. The van der Waals surface area contributed by atoms with E-state index in [4.69, 9.17) is 4.74 Å². The molecule has 0 aromatic heterocycles. The molecule has 1 aliphatic rings. The molecule has 0 atom stereocenters. The second kappa shape index (κ2) is 11.9. The van der Waals surface area contributed by atoms with Crippen LogP contribution >= 0.6 is 11.9 Å². The van der Waals surface area contributed by atoms with Gasteiger partial charge in [-0.2, -0.15) is 0 Å². The molecule has 0 radical (unpaired) electrons. The number of ether oxygens (including phenoxy) is 1. The number of hydrogen-bond acceptors (Lipinski definition) is 5. The molecule has 0 N–H and O–H groups in total. The average molecular weight is 380 g/mol. The molecule has 4 nitrogen and oxygen atoms in total. The maximum absolute atomic E-state index is 5.75. The number of nitrogens with zero attached hydrogens (tertiary/aromatic N) is 3. The first-order valence-corrected chi connectivity index (χ1v) is 11.2. The molecule has 0 unspecified atom stereocenters. The van der Waals surface area contributed by atoms with E-state index >= 15 is 0 Å². The topological polar surface area (TPSA) is 19.0 Å². The third-order valence-corrected chi connectivity index (χ3v) is 5.82. The molecule has 1 aromatic rings. The zero-order valence-electron chi connectivity index (χ0n) is 17.1. The lowest BCUT2D eigenvalue weighted by molar-refractivity contribution is 0.105. The van der Waals surface area contributed by atoms with Crippen molar-refractivity contribution in [3.05, 3.63) is 29.8 Å². The quantitative estimate of drug-likeness (QED) is 0.427. The van der Waals surface area contributed by atoms with Crippen molar-refractivity contribution in [2.45, 2.75) is 33.2 Å². The standard InChI is InChI=1S/C21H37N3OS/c1-19(2)6-5-16-25-17-15-22(3)18-20-7-9-21(10-8-20)23-11-13-24(26-4)14-12-23/h7-10,19H,5-6,11-18H2,1-4H3. The van der Waals surface area contributed by atoms with Gasteiger partial charge in [-0.25, -0.2) is 4.31 Å². The SMILES string of the molecule is CSN1CCN(c2ccc(CN(C)CCOCCCC(C)C)cc2)CC1. The molecule has 0 saturated carbocycles. The Balaban J connectivity index is 1.65. The van der Waals surface area contributed by atoms with Gasteiger partial charge in [0.15, 0.2) is 0 Å². The molecular formula is C21H37N3OS. The van der Waals surface area contributed by atoms with Crippen molar-refractivity contribution < 1.29 is 4.74 Å². The third-order valence-electron chi connectivity index (χ3n) is 4.94. The summed E-state index contributed by atoms with van der Waals surface area (Å²) in [5.41, 5.74) is 2.73. The van der Waals surface area contributed by atoms with E-state index in [1.54, 1.807) is 0 Å². The van der Waals surface area contributed by atoms with Crippen molar-refractivity contribution in [3.63, 3.8) is 0 Å². The van der Waals surface area contributed by atoms with Crippen LogP contribution < -0.4 is 4.90 Å². The van der Waals surface area contributed by atoms with Crippen molar-refractivity contribution in [1.29, 1.82) is 0 Å². The molecule has 0 spiro atoms. The van der Waals surface area contributed by atoms with Crippen LogP contribution in [0.3, 0.4) is 0 Å². The second-order valence-electron chi connectivity index (χ2n) is 7.65. The van der Waals surface area contributed by atoms with E-state index in [2.05, 4.69) is 65.5 Å². The second-order valence-corrected chi connectivity index (χ2v) is 8.53. The summed E-state index contributed by atoms with van der Waals surface area (Å²) in [6, 6.07) is 9.10. The number of benzene rings is 1. The summed E-state index contributed by atoms with van der Waals surface area (Å²) in [5, 5.41) is 0. The third kappa shape index (κ3) is 7.87. The van der Waals surface area contributed by atoms with Gasteiger partial charge in [-0.3, -0.25) is 4.90 Å². The van der Waals surface area contributed by atoms with Gasteiger partial charge in [-0.15, -0.1) is 0 Å². The summed E-state index contributed by atoms with van der Waals surface area (Å²) in [6.07, 6.45) is 4.60. The maximum atomic E-state index is 5.75. The molecule has 1 aromatic carbocycles. The highest BCUT2D eigenvalue weighted by atomic mass is 32.2. The molecule has 0 aliphatic carbocycles. The van der Waals surface area contributed by atoms with Crippen LogP contribution in [-0.4, -0.2) is 68.4 Å². The lowest BCUT2D eigenvalue weighted by Crippen LogP contribution is -2.43. The van der Waals surface area contributed by atoms with Crippen LogP contribution in [0.4, 0.5) is 5.69 Å². The Morgan fingerprint density at radius 1 is 1.08 bits per heavy atom. The van der Waals surface area contributed by atoms with E-state index in [-0.39, 0.29) is 0 Å². The van der Waals surface area contributed by atoms with Crippen LogP contribution in [0.5, 0.6) is 0 Å². The summed E-state index contributed by atoms with van der Waals surface area (Å²) in [6.45, 7) is 12.7. The summed E-state index contributed by atoms with van der Waals surface area (Å²) in [4.78, 5) is 4.83. The number of hydrogen-bond donors (Lipinski definition) is 0. The molecule has 5 heteroatoms. The summed E-state index contributed by atoms with van der Waals surface area (Å²) in [7, 11) is 2.17. The van der Waals surface area contributed by atoms with E-state index in [1.807, 2.05) is 11.9 Å². The van der Waals surface area contributed by atoms with Crippen LogP contribution in [0, 0.1) is 5.92 Å². The molecule has 148 valence electrons. The highest BCUT2D eigenvalue weighted by Gasteiger charge is 2.16. The number of likely N-dealkylation sites (N-methyl/N-ethyl adjacent to an activating group) is 1. The Kier molecular flexibility index (Phi) is 9.83. The lowest BCUT2D eigenvalue weighted by Gasteiger charge is -2.34. The van der Waals surface area contributed by atoms with Gasteiger partial charge in [0.2, 0.25) is 0 Å². The van der Waals surface area contributed by atoms with Gasteiger partial charge in [0, 0.05) is 51.6 Å². The lowest BCUT2D eigenvalue weighted by atomic mass is 10.1. The maximum Gasteiger partial charge on any atom is 0.0593 e. The smallest absolute Gasteiger partial charge is 0.0593 e. The van der Waals surface area contributed by atoms with Gasteiger partial charge in [0.25, 0.3) is 0 Å². The Morgan fingerprint density at radius 2 is 1.77 bits per heavy atom. The molecule has 1 heterocycles. The van der Waals surface area contributed by atoms with Crippen molar-refractivity contribution in [1.82, 2.24) is 9.21 Å². The number of rotatable bonds is 11. The molecule has 2 rings (SSSR count).